The van der Waals surface area contributed by atoms with Crippen molar-refractivity contribution in [3.05, 3.63) is 0 Å². The minimum absolute atomic E-state index is 0.355. The summed E-state index contributed by atoms with van der Waals surface area (Å²) in [5.74, 6) is 0.823. The Morgan fingerprint density at radius 2 is 1.88 bits per heavy atom. The summed E-state index contributed by atoms with van der Waals surface area (Å²) >= 11 is 0. The Morgan fingerprint density at radius 3 is 2.35 bits per heavy atom. The van der Waals surface area contributed by atoms with Crippen molar-refractivity contribution < 1.29 is 4.79 Å². The van der Waals surface area contributed by atoms with E-state index in [1.165, 1.54) is 12.8 Å². The number of carbonyl (C=O) groups excluding carboxylic acids is 1. The first-order valence-electron chi connectivity index (χ1n) is 7.15. The van der Waals surface area contributed by atoms with Gasteiger partial charge in [0.25, 0.3) is 0 Å². The van der Waals surface area contributed by atoms with Crippen LogP contribution < -0.4 is 5.32 Å². The molecule has 0 aromatic rings. The maximum atomic E-state index is 12.2. The molecule has 2 saturated heterocycles. The summed E-state index contributed by atoms with van der Waals surface area (Å²) in [4.78, 5) is 14.4. The summed E-state index contributed by atoms with van der Waals surface area (Å²) in [6, 6.07) is 1.82. The van der Waals surface area contributed by atoms with Crippen LogP contribution in [0.4, 0.5) is 0 Å². The number of rotatable bonds is 4. The van der Waals surface area contributed by atoms with Crippen molar-refractivity contribution in [2.75, 3.05) is 6.54 Å². The van der Waals surface area contributed by atoms with Crippen molar-refractivity contribution >= 4 is 5.91 Å². The van der Waals surface area contributed by atoms with Crippen molar-refractivity contribution in [1.82, 2.24) is 10.2 Å². The zero-order valence-corrected chi connectivity index (χ0v) is 11.4. The molecule has 2 rings (SSSR count). The molecule has 1 N–H and O–H groups in total. The summed E-state index contributed by atoms with van der Waals surface area (Å²) < 4.78 is 0. The molecular formula is C14H26N2O. The predicted octanol–water partition coefficient (Wildman–Crippen LogP) is 2.16. The Hall–Kier alpha value is -0.570. The number of piperidine rings is 1. The standard InChI is InChI=1S/C14H26N2O/c1-4-16(14(17)7-10(2)3)13-8-11-5-6-12(9-13)15-11/h10-13,15H,4-9H2,1-3H3. The first-order valence-corrected chi connectivity index (χ1v) is 7.15. The average molecular weight is 238 g/mol. The topological polar surface area (TPSA) is 32.3 Å². The van der Waals surface area contributed by atoms with Crippen LogP contribution in [0.1, 0.15) is 52.9 Å². The van der Waals surface area contributed by atoms with E-state index in [2.05, 4.69) is 31.0 Å². The number of carbonyl (C=O) groups is 1. The third kappa shape index (κ3) is 3.01. The normalized spacial score (nSPS) is 31.9. The largest absolute Gasteiger partial charge is 0.340 e. The van der Waals surface area contributed by atoms with Gasteiger partial charge in [0.2, 0.25) is 5.91 Å². The molecule has 0 aliphatic carbocycles. The van der Waals surface area contributed by atoms with Crippen molar-refractivity contribution in [2.45, 2.75) is 71.0 Å². The number of nitrogens with one attached hydrogen (secondary N) is 1. The predicted molar refractivity (Wildman–Crippen MR) is 69.8 cm³/mol. The van der Waals surface area contributed by atoms with Gasteiger partial charge in [-0.3, -0.25) is 4.79 Å². The van der Waals surface area contributed by atoms with E-state index < -0.39 is 0 Å². The van der Waals surface area contributed by atoms with E-state index in [0.29, 0.717) is 36.4 Å². The van der Waals surface area contributed by atoms with Gasteiger partial charge >= 0.3 is 0 Å². The van der Waals surface area contributed by atoms with Crippen LogP contribution >= 0.6 is 0 Å². The van der Waals surface area contributed by atoms with Gasteiger partial charge in [-0.25, -0.2) is 0 Å². The van der Waals surface area contributed by atoms with Gasteiger partial charge in [0.1, 0.15) is 0 Å². The Morgan fingerprint density at radius 1 is 1.29 bits per heavy atom. The van der Waals surface area contributed by atoms with Crippen molar-refractivity contribution in [1.29, 1.82) is 0 Å². The van der Waals surface area contributed by atoms with Gasteiger partial charge in [0.15, 0.2) is 0 Å². The maximum absolute atomic E-state index is 12.2. The highest BCUT2D eigenvalue weighted by atomic mass is 16.2. The van der Waals surface area contributed by atoms with E-state index in [1.54, 1.807) is 0 Å². The second-order valence-electron chi connectivity index (χ2n) is 6.04. The van der Waals surface area contributed by atoms with E-state index in [-0.39, 0.29) is 0 Å². The molecular weight excluding hydrogens is 212 g/mol. The number of hydrogen-bond donors (Lipinski definition) is 1. The Balaban J connectivity index is 1.96. The van der Waals surface area contributed by atoms with E-state index in [9.17, 15) is 4.79 Å². The lowest BCUT2D eigenvalue weighted by Crippen LogP contribution is -2.50. The second kappa shape index (κ2) is 5.38. The minimum atomic E-state index is 0.355. The quantitative estimate of drug-likeness (QED) is 0.814. The van der Waals surface area contributed by atoms with E-state index in [1.807, 2.05) is 0 Å². The van der Waals surface area contributed by atoms with E-state index in [4.69, 9.17) is 0 Å². The van der Waals surface area contributed by atoms with Gasteiger partial charge in [-0.05, 0) is 38.5 Å². The van der Waals surface area contributed by atoms with Gasteiger partial charge in [-0.1, -0.05) is 13.8 Å². The molecule has 0 radical (unpaired) electrons. The number of hydrogen-bond acceptors (Lipinski definition) is 2. The van der Waals surface area contributed by atoms with Crippen LogP contribution in [0.3, 0.4) is 0 Å². The fourth-order valence-corrected chi connectivity index (χ4v) is 3.39. The minimum Gasteiger partial charge on any atom is -0.340 e. The van der Waals surface area contributed by atoms with Crippen LogP contribution in [0, 0.1) is 5.92 Å². The SMILES string of the molecule is CCN(C(=O)CC(C)C)C1CC2CCC(C1)N2. The molecule has 1 amide bonds. The molecule has 2 bridgehead atoms. The van der Waals surface area contributed by atoms with Gasteiger partial charge in [0.05, 0.1) is 0 Å². The molecule has 2 unspecified atom stereocenters. The van der Waals surface area contributed by atoms with Crippen molar-refractivity contribution in [3.63, 3.8) is 0 Å². The molecule has 0 saturated carbocycles. The molecule has 0 aromatic heterocycles. The summed E-state index contributed by atoms with van der Waals surface area (Å²) in [6.07, 6.45) is 5.63. The Labute approximate surface area is 105 Å². The lowest BCUT2D eigenvalue weighted by molar-refractivity contribution is -0.134. The molecule has 0 spiro atoms. The molecule has 2 heterocycles. The Kier molecular flexibility index (Phi) is 4.08. The first kappa shape index (κ1) is 12.9. The van der Waals surface area contributed by atoms with Crippen LogP contribution in [0.5, 0.6) is 0 Å². The van der Waals surface area contributed by atoms with Gasteiger partial charge < -0.3 is 10.2 Å². The van der Waals surface area contributed by atoms with Crippen LogP contribution in [0.2, 0.25) is 0 Å². The Bertz CT molecular complexity index is 265. The molecule has 0 aromatic carbocycles. The van der Waals surface area contributed by atoms with E-state index in [0.717, 1.165) is 19.4 Å². The lowest BCUT2D eigenvalue weighted by atomic mass is 9.97. The number of fused-ring (bicyclic) bond motifs is 2. The fourth-order valence-electron chi connectivity index (χ4n) is 3.39. The number of amides is 1. The highest BCUT2D eigenvalue weighted by molar-refractivity contribution is 5.76. The third-order valence-corrected chi connectivity index (χ3v) is 4.13. The summed E-state index contributed by atoms with van der Waals surface area (Å²) in [7, 11) is 0. The van der Waals surface area contributed by atoms with Crippen LogP contribution in [-0.4, -0.2) is 35.5 Å². The molecule has 2 aliphatic heterocycles. The van der Waals surface area contributed by atoms with Crippen LogP contribution in [0.25, 0.3) is 0 Å². The first-order chi connectivity index (χ1) is 8.10. The highest BCUT2D eigenvalue weighted by Crippen LogP contribution is 2.30. The summed E-state index contributed by atoms with van der Waals surface area (Å²) in [6.45, 7) is 7.23. The maximum Gasteiger partial charge on any atom is 0.223 e. The molecule has 2 atom stereocenters. The molecule has 2 fully saturated rings. The second-order valence-corrected chi connectivity index (χ2v) is 6.04. The monoisotopic (exact) mass is 238 g/mol. The number of nitrogens with zero attached hydrogens (tertiary/aromatic N) is 1. The summed E-state index contributed by atoms with van der Waals surface area (Å²) in [5.41, 5.74) is 0. The van der Waals surface area contributed by atoms with Crippen LogP contribution in [-0.2, 0) is 4.79 Å². The fraction of sp³-hybridized carbons (Fsp3) is 0.929. The van der Waals surface area contributed by atoms with Crippen molar-refractivity contribution in [3.8, 4) is 0 Å². The zero-order valence-electron chi connectivity index (χ0n) is 11.4. The molecule has 3 nitrogen and oxygen atoms in total. The van der Waals surface area contributed by atoms with Crippen molar-refractivity contribution in [2.24, 2.45) is 5.92 Å². The molecule has 17 heavy (non-hydrogen) atoms. The lowest BCUT2D eigenvalue weighted by Gasteiger charge is -2.37. The van der Waals surface area contributed by atoms with Gasteiger partial charge in [-0.15, -0.1) is 0 Å². The van der Waals surface area contributed by atoms with Gasteiger partial charge in [0, 0.05) is 31.1 Å². The van der Waals surface area contributed by atoms with Gasteiger partial charge in [-0.2, -0.15) is 0 Å². The molecule has 2 aliphatic rings. The smallest absolute Gasteiger partial charge is 0.223 e. The third-order valence-electron chi connectivity index (χ3n) is 4.13. The average Bonchev–Trinajstić information content (AvgIpc) is 2.58. The van der Waals surface area contributed by atoms with Crippen LogP contribution in [0.15, 0.2) is 0 Å². The highest BCUT2D eigenvalue weighted by Gasteiger charge is 2.36. The molecule has 98 valence electrons. The molecule has 3 heteroatoms. The zero-order chi connectivity index (χ0) is 12.4. The summed E-state index contributed by atoms with van der Waals surface area (Å²) in [5, 5.41) is 3.64. The van der Waals surface area contributed by atoms with E-state index >= 15 is 0 Å².